The summed E-state index contributed by atoms with van der Waals surface area (Å²) >= 11 is 0. The Labute approximate surface area is 170 Å². The second-order valence-electron chi connectivity index (χ2n) is 6.88. The minimum atomic E-state index is -1.70. The van der Waals surface area contributed by atoms with Gasteiger partial charge in [-0.3, -0.25) is 14.4 Å². The molecule has 6 nitrogen and oxygen atoms in total. The van der Waals surface area contributed by atoms with Crippen molar-refractivity contribution in [2.75, 3.05) is 13.1 Å². The molecule has 1 aliphatic rings. The van der Waals surface area contributed by atoms with Crippen LogP contribution in [-0.2, 0) is 4.79 Å². The number of benzene rings is 2. The van der Waals surface area contributed by atoms with E-state index < -0.39 is 34.9 Å². The zero-order valence-electron chi connectivity index (χ0n) is 16.1. The molecule has 1 fully saturated rings. The fourth-order valence-electron chi connectivity index (χ4n) is 3.23. The largest absolute Gasteiger partial charge is 0.427 e. The number of piperidine rings is 1. The molecule has 1 aliphatic heterocycles. The van der Waals surface area contributed by atoms with Crippen molar-refractivity contribution >= 4 is 17.8 Å². The molecule has 158 valence electrons. The third-order valence-electron chi connectivity index (χ3n) is 4.74. The van der Waals surface area contributed by atoms with Crippen molar-refractivity contribution in [3.63, 3.8) is 0 Å². The topological polar surface area (TPSA) is 75.7 Å². The predicted octanol–water partition coefficient (Wildman–Crippen LogP) is 3.06. The summed E-state index contributed by atoms with van der Waals surface area (Å²) in [5.74, 6) is -5.91. The zero-order chi connectivity index (χ0) is 21.8. The van der Waals surface area contributed by atoms with E-state index in [1.54, 1.807) is 23.1 Å². The number of hydrogen-bond donors (Lipinski definition) is 1. The summed E-state index contributed by atoms with van der Waals surface area (Å²) in [6, 6.07) is 7.49. The molecule has 1 saturated heterocycles. The molecular weight excluding hydrogens is 401 g/mol. The van der Waals surface area contributed by atoms with Crippen LogP contribution in [0.3, 0.4) is 0 Å². The first-order valence-electron chi connectivity index (χ1n) is 9.28. The molecule has 1 N–H and O–H groups in total. The summed E-state index contributed by atoms with van der Waals surface area (Å²) in [5.41, 5.74) is -0.213. The summed E-state index contributed by atoms with van der Waals surface area (Å²) < 4.78 is 45.1. The van der Waals surface area contributed by atoms with Gasteiger partial charge in [-0.1, -0.05) is 6.07 Å². The minimum Gasteiger partial charge on any atom is -0.427 e. The molecule has 0 atom stereocenters. The number of nitrogens with zero attached hydrogens (tertiary/aromatic N) is 1. The fraction of sp³-hybridized carbons (Fsp3) is 0.286. The van der Waals surface area contributed by atoms with Crippen LogP contribution in [0.2, 0.25) is 0 Å². The lowest BCUT2D eigenvalue weighted by Crippen LogP contribution is -2.46. The van der Waals surface area contributed by atoms with E-state index in [0.29, 0.717) is 37.6 Å². The van der Waals surface area contributed by atoms with Gasteiger partial charge in [0.05, 0.1) is 5.56 Å². The lowest BCUT2D eigenvalue weighted by atomic mass is 10.0. The van der Waals surface area contributed by atoms with Crippen molar-refractivity contribution in [1.29, 1.82) is 0 Å². The quantitative estimate of drug-likeness (QED) is 0.469. The third kappa shape index (κ3) is 4.79. The number of rotatable bonds is 4. The Hall–Kier alpha value is -3.36. The van der Waals surface area contributed by atoms with Crippen LogP contribution in [0.4, 0.5) is 13.2 Å². The Kier molecular flexibility index (Phi) is 6.39. The molecule has 9 heteroatoms. The number of halogens is 3. The highest BCUT2D eigenvalue weighted by Gasteiger charge is 2.26. The first-order chi connectivity index (χ1) is 14.3. The molecule has 2 amide bonds. The minimum absolute atomic E-state index is 0.250. The maximum absolute atomic E-state index is 13.8. The average molecular weight is 420 g/mol. The SMILES string of the molecule is CC(=O)Oc1cccc(C(=O)N2CCC(NC(=O)c3ccc(F)c(F)c3F)CC2)c1. The van der Waals surface area contributed by atoms with Gasteiger partial charge < -0.3 is 15.0 Å². The number of carbonyl (C=O) groups is 3. The molecule has 0 aromatic heterocycles. The van der Waals surface area contributed by atoms with Gasteiger partial charge in [-0.05, 0) is 43.2 Å². The molecule has 1 heterocycles. The van der Waals surface area contributed by atoms with Crippen LogP contribution in [-0.4, -0.2) is 41.8 Å². The van der Waals surface area contributed by atoms with E-state index in [1.165, 1.54) is 13.0 Å². The van der Waals surface area contributed by atoms with Crippen molar-refractivity contribution in [3.05, 3.63) is 65.0 Å². The van der Waals surface area contributed by atoms with Crippen LogP contribution < -0.4 is 10.1 Å². The molecule has 3 rings (SSSR count). The number of likely N-dealkylation sites (tertiary alicyclic amines) is 1. The lowest BCUT2D eigenvalue weighted by molar-refractivity contribution is -0.131. The van der Waals surface area contributed by atoms with E-state index in [1.807, 2.05) is 0 Å². The zero-order valence-corrected chi connectivity index (χ0v) is 16.1. The van der Waals surface area contributed by atoms with E-state index in [0.717, 1.165) is 6.07 Å². The number of carbonyl (C=O) groups excluding carboxylic acids is 3. The Morgan fingerprint density at radius 3 is 2.40 bits per heavy atom. The van der Waals surface area contributed by atoms with Crippen molar-refractivity contribution in [2.45, 2.75) is 25.8 Å². The fourth-order valence-corrected chi connectivity index (χ4v) is 3.23. The van der Waals surface area contributed by atoms with Crippen molar-refractivity contribution in [2.24, 2.45) is 0 Å². The van der Waals surface area contributed by atoms with Gasteiger partial charge in [0.1, 0.15) is 5.75 Å². The maximum atomic E-state index is 13.8. The Morgan fingerprint density at radius 2 is 1.73 bits per heavy atom. The molecule has 2 aromatic rings. The molecule has 30 heavy (non-hydrogen) atoms. The number of hydrogen-bond acceptors (Lipinski definition) is 4. The molecule has 0 radical (unpaired) electrons. The molecule has 0 saturated carbocycles. The Balaban J connectivity index is 1.58. The van der Waals surface area contributed by atoms with Crippen LogP contribution in [0.15, 0.2) is 36.4 Å². The van der Waals surface area contributed by atoms with Crippen LogP contribution in [0.5, 0.6) is 5.75 Å². The highest BCUT2D eigenvalue weighted by atomic mass is 19.2. The molecule has 0 unspecified atom stereocenters. The summed E-state index contributed by atoms with van der Waals surface area (Å²) in [6.07, 6.45) is 0.818. The number of esters is 1. The van der Waals surface area contributed by atoms with Crippen LogP contribution in [0, 0.1) is 17.5 Å². The molecule has 0 aliphatic carbocycles. The summed E-state index contributed by atoms with van der Waals surface area (Å²) in [5, 5.41) is 2.59. The van der Waals surface area contributed by atoms with Gasteiger partial charge in [0.2, 0.25) is 0 Å². The van der Waals surface area contributed by atoms with Crippen molar-refractivity contribution in [1.82, 2.24) is 10.2 Å². The van der Waals surface area contributed by atoms with Gasteiger partial charge in [-0.2, -0.15) is 0 Å². The van der Waals surface area contributed by atoms with E-state index in [9.17, 15) is 27.6 Å². The van der Waals surface area contributed by atoms with E-state index in [-0.39, 0.29) is 17.7 Å². The summed E-state index contributed by atoms with van der Waals surface area (Å²) in [4.78, 5) is 37.5. The summed E-state index contributed by atoms with van der Waals surface area (Å²) in [6.45, 7) is 1.93. The number of amides is 2. The van der Waals surface area contributed by atoms with Gasteiger partial charge in [0.25, 0.3) is 11.8 Å². The Morgan fingerprint density at radius 1 is 1.03 bits per heavy atom. The first kappa shape index (κ1) is 21.4. The highest BCUT2D eigenvalue weighted by Crippen LogP contribution is 2.20. The maximum Gasteiger partial charge on any atom is 0.308 e. The molecule has 2 aromatic carbocycles. The monoisotopic (exact) mass is 420 g/mol. The normalized spacial score (nSPS) is 14.3. The summed E-state index contributed by atoms with van der Waals surface area (Å²) in [7, 11) is 0. The number of nitrogens with one attached hydrogen (secondary N) is 1. The molecule has 0 bridgehead atoms. The number of ether oxygens (including phenoxy) is 1. The second kappa shape index (κ2) is 8.98. The highest BCUT2D eigenvalue weighted by molar-refractivity contribution is 5.95. The standard InChI is InChI=1S/C21H19F3N2O4/c1-12(27)30-15-4-2-3-13(11-15)21(29)26-9-7-14(8-10-26)25-20(28)16-5-6-17(22)19(24)18(16)23/h2-6,11,14H,7-10H2,1H3,(H,25,28). The van der Waals surface area contributed by atoms with Gasteiger partial charge in [-0.15, -0.1) is 0 Å². The smallest absolute Gasteiger partial charge is 0.308 e. The van der Waals surface area contributed by atoms with Gasteiger partial charge in [0.15, 0.2) is 17.5 Å². The van der Waals surface area contributed by atoms with Gasteiger partial charge in [-0.25, -0.2) is 13.2 Å². The third-order valence-corrected chi connectivity index (χ3v) is 4.74. The van der Waals surface area contributed by atoms with E-state index in [4.69, 9.17) is 4.74 Å². The van der Waals surface area contributed by atoms with Crippen molar-refractivity contribution in [3.8, 4) is 5.75 Å². The molecular formula is C21H19F3N2O4. The van der Waals surface area contributed by atoms with Gasteiger partial charge >= 0.3 is 5.97 Å². The lowest BCUT2D eigenvalue weighted by Gasteiger charge is -2.32. The van der Waals surface area contributed by atoms with Crippen LogP contribution >= 0.6 is 0 Å². The second-order valence-corrected chi connectivity index (χ2v) is 6.88. The van der Waals surface area contributed by atoms with Crippen molar-refractivity contribution < 1.29 is 32.3 Å². The molecule has 0 spiro atoms. The predicted molar refractivity (Wildman–Crippen MR) is 100 cm³/mol. The Bertz CT molecular complexity index is 988. The van der Waals surface area contributed by atoms with Crippen LogP contribution in [0.1, 0.15) is 40.5 Å². The van der Waals surface area contributed by atoms with E-state index in [2.05, 4.69) is 5.32 Å². The van der Waals surface area contributed by atoms with E-state index >= 15 is 0 Å². The first-order valence-corrected chi connectivity index (χ1v) is 9.28. The average Bonchev–Trinajstić information content (AvgIpc) is 2.72. The van der Waals surface area contributed by atoms with Crippen LogP contribution in [0.25, 0.3) is 0 Å². The van der Waals surface area contributed by atoms with Gasteiger partial charge in [0, 0.05) is 31.6 Å².